The summed E-state index contributed by atoms with van der Waals surface area (Å²) in [6.07, 6.45) is 1.15. The Balaban J connectivity index is 2.51. The molecule has 0 saturated carbocycles. The molecule has 0 heterocycles. The fourth-order valence-electron chi connectivity index (χ4n) is 2.24. The minimum absolute atomic E-state index is 0.178. The summed E-state index contributed by atoms with van der Waals surface area (Å²) >= 11 is 0. The molecule has 2 aromatic carbocycles. The number of benzene rings is 2. The van der Waals surface area contributed by atoms with Crippen molar-refractivity contribution in [3.8, 4) is 0 Å². The van der Waals surface area contributed by atoms with Gasteiger partial charge >= 0.3 is 0 Å². The monoisotopic (exact) mass is 332 g/mol. The third-order valence-electron chi connectivity index (χ3n) is 3.38. The van der Waals surface area contributed by atoms with Crippen molar-refractivity contribution in [3.05, 3.63) is 65.7 Å². The van der Waals surface area contributed by atoms with Crippen LogP contribution in [-0.4, -0.2) is 39.6 Å². The molecule has 0 aromatic heterocycles. The topological polar surface area (TPSA) is 57.7 Å². The maximum atomic E-state index is 12.4. The minimum atomic E-state index is -3.54. The van der Waals surface area contributed by atoms with Crippen LogP contribution in [0, 0.1) is 0 Å². The summed E-state index contributed by atoms with van der Waals surface area (Å²) in [5.74, 6) is -0.234. The first-order chi connectivity index (χ1) is 10.8. The van der Waals surface area contributed by atoms with Crippen molar-refractivity contribution in [1.82, 2.24) is 4.90 Å². The largest absolute Gasteiger partial charge is 0.345 e. The maximum absolute atomic E-state index is 12.4. The van der Waals surface area contributed by atoms with Gasteiger partial charge in [-0.05, 0) is 17.7 Å². The van der Waals surface area contributed by atoms with Crippen molar-refractivity contribution in [2.24, 2.45) is 0 Å². The maximum Gasteiger partial charge on any atom is 0.255 e. The van der Waals surface area contributed by atoms with Gasteiger partial charge < -0.3 is 4.90 Å². The highest BCUT2D eigenvalue weighted by Crippen LogP contribution is 2.25. The van der Waals surface area contributed by atoms with Crippen molar-refractivity contribution in [2.75, 3.05) is 24.7 Å². The average Bonchev–Trinajstić information content (AvgIpc) is 2.52. The summed E-state index contributed by atoms with van der Waals surface area (Å²) in [5.41, 5.74) is 1.60. The van der Waals surface area contributed by atoms with E-state index in [1.807, 2.05) is 30.3 Å². The van der Waals surface area contributed by atoms with Gasteiger partial charge in [-0.15, -0.1) is 0 Å². The van der Waals surface area contributed by atoms with Gasteiger partial charge in [0.2, 0.25) is 10.0 Å². The lowest BCUT2D eigenvalue weighted by atomic mass is 10.1. The lowest BCUT2D eigenvalue weighted by molar-refractivity contribution is 0.0828. The van der Waals surface area contributed by atoms with E-state index in [-0.39, 0.29) is 12.5 Å². The van der Waals surface area contributed by atoms with Crippen LogP contribution >= 0.6 is 0 Å². The van der Waals surface area contributed by atoms with Crippen LogP contribution < -0.4 is 4.31 Å². The summed E-state index contributed by atoms with van der Waals surface area (Å²) in [6.45, 7) is 0.178. The van der Waals surface area contributed by atoms with Gasteiger partial charge in [-0.25, -0.2) is 8.42 Å². The van der Waals surface area contributed by atoms with E-state index in [4.69, 9.17) is 0 Å². The van der Waals surface area contributed by atoms with Gasteiger partial charge in [-0.1, -0.05) is 42.5 Å². The third-order valence-corrected chi connectivity index (χ3v) is 4.51. The van der Waals surface area contributed by atoms with Crippen molar-refractivity contribution < 1.29 is 13.2 Å². The number of carbonyl (C=O) groups excluding carboxylic acids is 1. The second kappa shape index (κ2) is 6.83. The summed E-state index contributed by atoms with van der Waals surface area (Å²) in [7, 11) is -0.255. The fourth-order valence-corrected chi connectivity index (χ4v) is 3.14. The van der Waals surface area contributed by atoms with Gasteiger partial charge in [0.05, 0.1) is 24.1 Å². The highest BCUT2D eigenvalue weighted by molar-refractivity contribution is 7.92. The molecule has 23 heavy (non-hydrogen) atoms. The average molecular weight is 332 g/mol. The number of para-hydroxylation sites is 1. The SMILES string of the molecule is CN(C)C(=O)c1ccccc1N(Cc1ccccc1)S(C)(=O)=O. The zero-order chi connectivity index (χ0) is 17.0. The number of hydrogen-bond donors (Lipinski definition) is 0. The molecule has 6 heteroatoms. The van der Waals surface area contributed by atoms with E-state index in [9.17, 15) is 13.2 Å². The standard InChI is InChI=1S/C17H20N2O3S/c1-18(2)17(20)15-11-7-8-12-16(15)19(23(3,21)22)13-14-9-5-4-6-10-14/h4-12H,13H2,1-3H3. The third kappa shape index (κ3) is 4.10. The van der Waals surface area contributed by atoms with Crippen molar-refractivity contribution in [1.29, 1.82) is 0 Å². The van der Waals surface area contributed by atoms with Crippen LogP contribution in [0.4, 0.5) is 5.69 Å². The second-order valence-corrected chi connectivity index (χ2v) is 7.38. The van der Waals surface area contributed by atoms with E-state index in [0.717, 1.165) is 11.8 Å². The van der Waals surface area contributed by atoms with Crippen LogP contribution in [0.3, 0.4) is 0 Å². The molecule has 0 N–H and O–H groups in total. The molecule has 0 bridgehead atoms. The number of sulfonamides is 1. The van der Waals surface area contributed by atoms with E-state index in [0.29, 0.717) is 11.3 Å². The quantitative estimate of drug-likeness (QED) is 0.844. The van der Waals surface area contributed by atoms with Crippen LogP contribution in [0.15, 0.2) is 54.6 Å². The van der Waals surface area contributed by atoms with E-state index in [2.05, 4.69) is 0 Å². The van der Waals surface area contributed by atoms with E-state index in [1.165, 1.54) is 9.21 Å². The summed E-state index contributed by atoms with van der Waals surface area (Å²) in [5, 5.41) is 0. The molecule has 1 amide bonds. The zero-order valence-corrected chi connectivity index (χ0v) is 14.2. The smallest absolute Gasteiger partial charge is 0.255 e. The molecule has 0 fully saturated rings. The van der Waals surface area contributed by atoms with Crippen LogP contribution in [0.5, 0.6) is 0 Å². The van der Waals surface area contributed by atoms with Gasteiger partial charge in [0, 0.05) is 14.1 Å². The molecular weight excluding hydrogens is 312 g/mol. The van der Waals surface area contributed by atoms with Gasteiger partial charge in [-0.2, -0.15) is 0 Å². The number of anilines is 1. The Kier molecular flexibility index (Phi) is 5.05. The minimum Gasteiger partial charge on any atom is -0.345 e. The first-order valence-corrected chi connectivity index (χ1v) is 8.98. The highest BCUT2D eigenvalue weighted by Gasteiger charge is 2.23. The Morgan fingerprint density at radius 1 is 0.957 bits per heavy atom. The molecular formula is C17H20N2O3S. The molecule has 0 aliphatic heterocycles. The predicted octanol–water partition coefficient (Wildman–Crippen LogP) is 2.35. The number of amides is 1. The Morgan fingerprint density at radius 3 is 2.09 bits per heavy atom. The first-order valence-electron chi connectivity index (χ1n) is 7.13. The highest BCUT2D eigenvalue weighted by atomic mass is 32.2. The van der Waals surface area contributed by atoms with Crippen LogP contribution in [-0.2, 0) is 16.6 Å². The fraction of sp³-hybridized carbons (Fsp3) is 0.235. The molecule has 0 saturated heterocycles. The molecule has 2 aromatic rings. The Hall–Kier alpha value is -2.34. The first kappa shape index (κ1) is 17.0. The lowest BCUT2D eigenvalue weighted by Gasteiger charge is -2.25. The molecule has 2 rings (SSSR count). The van der Waals surface area contributed by atoms with Crippen LogP contribution in [0.1, 0.15) is 15.9 Å². The summed E-state index contributed by atoms with van der Waals surface area (Å²) in [6, 6.07) is 16.0. The molecule has 122 valence electrons. The second-order valence-electron chi connectivity index (χ2n) is 5.47. The summed E-state index contributed by atoms with van der Waals surface area (Å²) in [4.78, 5) is 13.8. The number of carbonyl (C=O) groups is 1. The van der Waals surface area contributed by atoms with Crippen LogP contribution in [0.25, 0.3) is 0 Å². The van der Waals surface area contributed by atoms with Crippen LogP contribution in [0.2, 0.25) is 0 Å². The molecule has 0 aliphatic carbocycles. The van der Waals surface area contributed by atoms with Crippen molar-refractivity contribution >= 4 is 21.6 Å². The van der Waals surface area contributed by atoms with E-state index < -0.39 is 10.0 Å². The number of nitrogens with zero attached hydrogens (tertiary/aromatic N) is 2. The molecule has 0 radical (unpaired) electrons. The van der Waals surface area contributed by atoms with E-state index in [1.54, 1.807) is 38.4 Å². The summed E-state index contributed by atoms with van der Waals surface area (Å²) < 4.78 is 25.8. The Bertz CT molecular complexity index is 786. The number of rotatable bonds is 5. The molecule has 5 nitrogen and oxygen atoms in total. The Labute approximate surface area is 137 Å². The molecule has 0 spiro atoms. The number of hydrogen-bond acceptors (Lipinski definition) is 3. The van der Waals surface area contributed by atoms with Crippen molar-refractivity contribution in [3.63, 3.8) is 0 Å². The van der Waals surface area contributed by atoms with Gasteiger partial charge in [0.25, 0.3) is 5.91 Å². The zero-order valence-electron chi connectivity index (χ0n) is 13.4. The van der Waals surface area contributed by atoms with Gasteiger partial charge in [0.15, 0.2) is 0 Å². The Morgan fingerprint density at radius 2 is 1.52 bits per heavy atom. The molecule has 0 unspecified atom stereocenters. The lowest BCUT2D eigenvalue weighted by Crippen LogP contribution is -2.32. The normalized spacial score (nSPS) is 11.1. The van der Waals surface area contributed by atoms with Gasteiger partial charge in [-0.3, -0.25) is 9.10 Å². The predicted molar refractivity (Wildman–Crippen MR) is 91.9 cm³/mol. The molecule has 0 atom stereocenters. The molecule has 0 aliphatic rings. The van der Waals surface area contributed by atoms with Crippen molar-refractivity contribution in [2.45, 2.75) is 6.54 Å². The van der Waals surface area contributed by atoms with Gasteiger partial charge in [0.1, 0.15) is 0 Å². The van der Waals surface area contributed by atoms with E-state index >= 15 is 0 Å².